The Kier molecular flexibility index (Phi) is 4.46. The van der Waals surface area contributed by atoms with Crippen molar-refractivity contribution in [1.29, 1.82) is 0 Å². The number of hydrogen-bond donors (Lipinski definition) is 0. The number of aromatic nitrogens is 3. The third-order valence-electron chi connectivity index (χ3n) is 4.56. The van der Waals surface area contributed by atoms with E-state index >= 15 is 0 Å². The SMILES string of the molecule is Cc1cccc(OCc2nn(C)c3c2CN(C(=O)c2cccs2)CC3)n1. The number of thiophene rings is 1. The van der Waals surface area contributed by atoms with Gasteiger partial charge in [-0.25, -0.2) is 4.98 Å². The van der Waals surface area contributed by atoms with Gasteiger partial charge in [0, 0.05) is 49.6 Å². The number of amides is 1. The molecule has 134 valence electrons. The molecule has 1 aliphatic heterocycles. The number of pyridine rings is 1. The van der Waals surface area contributed by atoms with Crippen LogP contribution >= 0.6 is 11.3 Å². The lowest BCUT2D eigenvalue weighted by atomic mass is 10.1. The van der Waals surface area contributed by atoms with Crippen LogP contribution in [0.1, 0.15) is 32.3 Å². The first-order chi connectivity index (χ1) is 12.6. The minimum atomic E-state index is 0.0849. The molecule has 3 aromatic heterocycles. The predicted molar refractivity (Wildman–Crippen MR) is 99.3 cm³/mol. The molecule has 0 N–H and O–H groups in total. The molecule has 0 spiro atoms. The standard InChI is InChI=1S/C19H20N4O2S/c1-13-5-3-7-18(20-13)25-12-15-14-11-23(9-8-16(14)22(2)21-15)19(24)17-6-4-10-26-17/h3-7,10H,8-9,11-12H2,1-2H3. The number of rotatable bonds is 4. The summed E-state index contributed by atoms with van der Waals surface area (Å²) in [6.07, 6.45) is 0.804. The lowest BCUT2D eigenvalue weighted by Crippen LogP contribution is -2.36. The van der Waals surface area contributed by atoms with Gasteiger partial charge in [0.15, 0.2) is 0 Å². The predicted octanol–water partition coefficient (Wildman–Crippen LogP) is 2.96. The van der Waals surface area contributed by atoms with Gasteiger partial charge in [-0.2, -0.15) is 5.10 Å². The van der Waals surface area contributed by atoms with Crippen molar-refractivity contribution in [2.75, 3.05) is 6.54 Å². The maximum atomic E-state index is 12.7. The van der Waals surface area contributed by atoms with Crippen LogP contribution in [-0.4, -0.2) is 32.1 Å². The molecule has 0 fully saturated rings. The fourth-order valence-electron chi connectivity index (χ4n) is 3.26. The molecule has 0 bridgehead atoms. The number of aryl methyl sites for hydroxylation is 2. The molecule has 0 aromatic carbocycles. The van der Waals surface area contributed by atoms with Crippen molar-refractivity contribution in [3.63, 3.8) is 0 Å². The molecule has 0 atom stereocenters. The monoisotopic (exact) mass is 368 g/mol. The molecule has 0 radical (unpaired) electrons. The molecule has 0 unspecified atom stereocenters. The van der Waals surface area contributed by atoms with Crippen LogP contribution in [0.5, 0.6) is 5.88 Å². The molecule has 0 aliphatic carbocycles. The third-order valence-corrected chi connectivity index (χ3v) is 5.42. The Hall–Kier alpha value is -2.67. The maximum Gasteiger partial charge on any atom is 0.264 e. The number of ether oxygens (including phenoxy) is 1. The summed E-state index contributed by atoms with van der Waals surface area (Å²) in [6.45, 7) is 3.56. The van der Waals surface area contributed by atoms with Crippen LogP contribution in [0.2, 0.25) is 0 Å². The van der Waals surface area contributed by atoms with Crippen molar-refractivity contribution in [2.24, 2.45) is 7.05 Å². The van der Waals surface area contributed by atoms with Crippen LogP contribution in [0.15, 0.2) is 35.7 Å². The number of carbonyl (C=O) groups is 1. The van der Waals surface area contributed by atoms with Gasteiger partial charge in [0.2, 0.25) is 5.88 Å². The van der Waals surface area contributed by atoms with E-state index in [-0.39, 0.29) is 5.91 Å². The molecular formula is C19H20N4O2S. The zero-order valence-electron chi connectivity index (χ0n) is 14.8. The van der Waals surface area contributed by atoms with E-state index in [1.54, 1.807) is 0 Å². The third kappa shape index (κ3) is 3.22. The Balaban J connectivity index is 1.53. The second-order valence-corrected chi connectivity index (χ2v) is 7.30. The highest BCUT2D eigenvalue weighted by atomic mass is 32.1. The summed E-state index contributed by atoms with van der Waals surface area (Å²) in [7, 11) is 1.95. The lowest BCUT2D eigenvalue weighted by molar-refractivity contribution is 0.0737. The van der Waals surface area contributed by atoms with Gasteiger partial charge in [0.1, 0.15) is 12.3 Å². The van der Waals surface area contributed by atoms with Crippen LogP contribution in [0.25, 0.3) is 0 Å². The Morgan fingerprint density at radius 2 is 2.19 bits per heavy atom. The Morgan fingerprint density at radius 1 is 1.31 bits per heavy atom. The van der Waals surface area contributed by atoms with Crippen LogP contribution < -0.4 is 4.74 Å². The van der Waals surface area contributed by atoms with Gasteiger partial charge >= 0.3 is 0 Å². The van der Waals surface area contributed by atoms with Crippen LogP contribution in [0.4, 0.5) is 0 Å². The first-order valence-corrected chi connectivity index (χ1v) is 9.42. The van der Waals surface area contributed by atoms with Crippen molar-refractivity contribution in [3.05, 3.63) is 63.2 Å². The van der Waals surface area contributed by atoms with E-state index in [9.17, 15) is 4.79 Å². The lowest BCUT2D eigenvalue weighted by Gasteiger charge is -2.27. The summed E-state index contributed by atoms with van der Waals surface area (Å²) in [5, 5.41) is 6.55. The number of carbonyl (C=O) groups excluding carboxylic acids is 1. The van der Waals surface area contributed by atoms with E-state index in [4.69, 9.17) is 4.74 Å². The average Bonchev–Trinajstić information content (AvgIpc) is 3.28. The molecule has 3 aromatic rings. The fraction of sp³-hybridized carbons (Fsp3) is 0.316. The molecule has 4 heterocycles. The summed E-state index contributed by atoms with van der Waals surface area (Å²) in [4.78, 5) is 19.7. The Morgan fingerprint density at radius 3 is 2.96 bits per heavy atom. The van der Waals surface area contributed by atoms with E-state index in [1.165, 1.54) is 17.0 Å². The molecule has 0 saturated carbocycles. The summed E-state index contributed by atoms with van der Waals surface area (Å²) in [5.41, 5.74) is 4.06. The minimum Gasteiger partial charge on any atom is -0.471 e. The summed E-state index contributed by atoms with van der Waals surface area (Å²) < 4.78 is 7.74. The highest BCUT2D eigenvalue weighted by molar-refractivity contribution is 7.12. The first kappa shape index (κ1) is 16.8. The van der Waals surface area contributed by atoms with Gasteiger partial charge in [-0.3, -0.25) is 9.48 Å². The van der Waals surface area contributed by atoms with Gasteiger partial charge in [-0.15, -0.1) is 11.3 Å². The highest BCUT2D eigenvalue weighted by Crippen LogP contribution is 2.25. The summed E-state index contributed by atoms with van der Waals surface area (Å²) in [6, 6.07) is 9.48. The molecule has 1 amide bonds. The van der Waals surface area contributed by atoms with Gasteiger partial charge in [-0.05, 0) is 24.4 Å². The summed E-state index contributed by atoms with van der Waals surface area (Å²) in [5.74, 6) is 0.674. The van der Waals surface area contributed by atoms with E-state index in [1.807, 2.05) is 59.3 Å². The summed E-state index contributed by atoms with van der Waals surface area (Å²) >= 11 is 1.48. The van der Waals surface area contributed by atoms with Gasteiger partial charge in [0.05, 0.1) is 4.88 Å². The van der Waals surface area contributed by atoms with E-state index in [0.29, 0.717) is 25.6 Å². The fourth-order valence-corrected chi connectivity index (χ4v) is 3.95. The topological polar surface area (TPSA) is 60.2 Å². The van der Waals surface area contributed by atoms with Crippen molar-refractivity contribution >= 4 is 17.2 Å². The van der Waals surface area contributed by atoms with E-state index in [2.05, 4.69) is 10.1 Å². The molecule has 0 saturated heterocycles. The van der Waals surface area contributed by atoms with Crippen molar-refractivity contribution in [3.8, 4) is 5.88 Å². The molecule has 1 aliphatic rings. The Bertz CT molecular complexity index is 933. The van der Waals surface area contributed by atoms with E-state index < -0.39 is 0 Å². The first-order valence-electron chi connectivity index (χ1n) is 8.54. The van der Waals surface area contributed by atoms with Crippen LogP contribution in [-0.2, 0) is 26.6 Å². The van der Waals surface area contributed by atoms with Gasteiger partial charge in [-0.1, -0.05) is 12.1 Å². The van der Waals surface area contributed by atoms with Gasteiger partial charge < -0.3 is 9.64 Å². The second kappa shape index (κ2) is 6.92. The molecule has 4 rings (SSSR count). The van der Waals surface area contributed by atoms with Gasteiger partial charge in [0.25, 0.3) is 5.91 Å². The quantitative estimate of drug-likeness (QED) is 0.710. The normalized spacial score (nSPS) is 13.5. The Labute approximate surface area is 156 Å². The van der Waals surface area contributed by atoms with Crippen LogP contribution in [0.3, 0.4) is 0 Å². The maximum absolute atomic E-state index is 12.7. The van der Waals surface area contributed by atoms with Crippen molar-refractivity contribution in [2.45, 2.75) is 26.5 Å². The minimum absolute atomic E-state index is 0.0849. The number of fused-ring (bicyclic) bond motifs is 1. The molecule has 6 nitrogen and oxygen atoms in total. The zero-order valence-corrected chi connectivity index (χ0v) is 15.6. The molecule has 26 heavy (non-hydrogen) atoms. The van der Waals surface area contributed by atoms with Crippen molar-refractivity contribution in [1.82, 2.24) is 19.7 Å². The largest absolute Gasteiger partial charge is 0.471 e. The van der Waals surface area contributed by atoms with Crippen LogP contribution in [0, 0.1) is 6.92 Å². The molecule has 7 heteroatoms. The number of hydrogen-bond acceptors (Lipinski definition) is 5. The van der Waals surface area contributed by atoms with Crippen molar-refractivity contribution < 1.29 is 9.53 Å². The zero-order chi connectivity index (χ0) is 18.1. The smallest absolute Gasteiger partial charge is 0.264 e. The average molecular weight is 368 g/mol. The van der Waals surface area contributed by atoms with E-state index in [0.717, 1.165) is 28.2 Å². The number of nitrogens with zero attached hydrogens (tertiary/aromatic N) is 4. The molecular weight excluding hydrogens is 348 g/mol. The highest BCUT2D eigenvalue weighted by Gasteiger charge is 2.27. The second-order valence-electron chi connectivity index (χ2n) is 6.36.